The quantitative estimate of drug-likeness (QED) is 0.142. The Morgan fingerprint density at radius 2 is 0.455 bits per heavy atom. The van der Waals surface area contributed by atoms with Crippen LogP contribution in [0.25, 0.3) is 45.2 Å². The van der Waals surface area contributed by atoms with Gasteiger partial charge >= 0.3 is 0 Å². The summed E-state index contributed by atoms with van der Waals surface area (Å²) in [6.45, 7) is 0. The number of hydrogen-bond donors (Lipinski definition) is 0. The van der Waals surface area contributed by atoms with E-state index in [9.17, 15) is 0 Å². The number of anilines is 6. The van der Waals surface area contributed by atoms with E-state index in [0.717, 1.165) is 67.5 Å². The second kappa shape index (κ2) is 15.2. The third-order valence-corrected chi connectivity index (χ3v) is 9.66. The second-order valence-electron chi connectivity index (χ2n) is 13.2. The van der Waals surface area contributed by atoms with Crippen molar-refractivity contribution in [2.45, 2.75) is 0 Å². The van der Waals surface area contributed by atoms with Gasteiger partial charge in [0.15, 0.2) is 0 Å². The fraction of sp³-hybridized carbons (Fsp3) is 0. The fourth-order valence-electron chi connectivity index (χ4n) is 6.88. The molecule has 1 aromatic heterocycles. The highest BCUT2D eigenvalue weighted by Crippen LogP contribution is 2.37. The van der Waals surface area contributed by atoms with Crippen LogP contribution in [0.4, 0.5) is 34.1 Å². The molecular formula is C50H36N4O. The predicted molar refractivity (Wildman–Crippen MR) is 225 cm³/mol. The van der Waals surface area contributed by atoms with Gasteiger partial charge < -0.3 is 14.2 Å². The van der Waals surface area contributed by atoms with Gasteiger partial charge in [0.25, 0.3) is 0 Å². The third-order valence-electron chi connectivity index (χ3n) is 9.66. The molecule has 9 rings (SSSR count). The molecule has 0 fully saturated rings. The minimum Gasteiger partial charge on any atom is -0.416 e. The summed E-state index contributed by atoms with van der Waals surface area (Å²) in [6, 6.07) is 75.6. The molecule has 0 amide bonds. The van der Waals surface area contributed by atoms with E-state index in [4.69, 9.17) is 4.42 Å². The van der Waals surface area contributed by atoms with Crippen LogP contribution in [0, 0.1) is 0 Å². The Bertz CT molecular complexity index is 2330. The first-order chi connectivity index (χ1) is 27.3. The number of benzene rings is 8. The van der Waals surface area contributed by atoms with E-state index in [-0.39, 0.29) is 0 Å². The first kappa shape index (κ1) is 33.3. The van der Waals surface area contributed by atoms with Crippen molar-refractivity contribution in [3.8, 4) is 45.2 Å². The summed E-state index contributed by atoms with van der Waals surface area (Å²) in [5.41, 5.74) is 12.8. The van der Waals surface area contributed by atoms with E-state index < -0.39 is 0 Å². The summed E-state index contributed by atoms with van der Waals surface area (Å²) in [4.78, 5) is 4.52. The normalized spacial score (nSPS) is 10.9. The molecular weight excluding hydrogens is 673 g/mol. The van der Waals surface area contributed by atoms with E-state index in [1.165, 1.54) is 0 Å². The van der Waals surface area contributed by atoms with E-state index in [1.807, 2.05) is 48.5 Å². The summed E-state index contributed by atoms with van der Waals surface area (Å²) < 4.78 is 6.17. The van der Waals surface area contributed by atoms with Crippen molar-refractivity contribution in [3.05, 3.63) is 218 Å². The van der Waals surface area contributed by atoms with Gasteiger partial charge in [0, 0.05) is 45.3 Å². The van der Waals surface area contributed by atoms with Gasteiger partial charge in [-0.3, -0.25) is 0 Å². The monoisotopic (exact) mass is 708 g/mol. The first-order valence-corrected chi connectivity index (χ1v) is 18.3. The van der Waals surface area contributed by atoms with E-state index in [0.29, 0.717) is 11.8 Å². The zero-order valence-electron chi connectivity index (χ0n) is 30.0. The molecule has 5 heteroatoms. The Balaban J connectivity index is 0.892. The Labute approximate surface area is 321 Å². The summed E-state index contributed by atoms with van der Waals surface area (Å²) >= 11 is 0. The van der Waals surface area contributed by atoms with Crippen molar-refractivity contribution in [1.29, 1.82) is 0 Å². The van der Waals surface area contributed by atoms with Crippen molar-refractivity contribution in [2.24, 2.45) is 0 Å². The van der Waals surface area contributed by atoms with Gasteiger partial charge in [0.2, 0.25) is 11.8 Å². The Hall–Kier alpha value is -7.50. The van der Waals surface area contributed by atoms with E-state index in [1.54, 1.807) is 0 Å². The largest absolute Gasteiger partial charge is 0.416 e. The molecule has 0 atom stereocenters. The summed E-state index contributed by atoms with van der Waals surface area (Å²) in [6.07, 6.45) is 0. The van der Waals surface area contributed by atoms with Gasteiger partial charge in [0.05, 0.1) is 0 Å². The number of para-hydroxylation sites is 4. The molecule has 0 saturated heterocycles. The zero-order valence-corrected chi connectivity index (χ0v) is 30.0. The minimum absolute atomic E-state index is 0.485. The minimum atomic E-state index is 0.485. The molecule has 0 radical (unpaired) electrons. The number of aromatic nitrogens is 2. The lowest BCUT2D eigenvalue weighted by Crippen LogP contribution is -2.09. The molecule has 0 spiro atoms. The highest BCUT2D eigenvalue weighted by Gasteiger charge is 2.15. The standard InChI is InChI=1S/C50H36N4O/c1-5-13-43(14-6-1)53(44-15-7-2-8-16-44)47-33-29-39(30-34-47)37-21-25-41(26-22-37)49-51-52-50(55-49)42-27-23-38(24-28-42)40-31-35-48(36-32-40)54(45-17-9-3-10-18-45)46-19-11-4-12-20-46/h1-36H. The number of rotatable bonds is 10. The Morgan fingerprint density at radius 1 is 0.236 bits per heavy atom. The molecule has 0 bridgehead atoms. The molecule has 1 heterocycles. The molecule has 0 saturated carbocycles. The second-order valence-corrected chi connectivity index (χ2v) is 13.2. The van der Waals surface area contributed by atoms with Gasteiger partial charge in [-0.1, -0.05) is 121 Å². The van der Waals surface area contributed by atoms with Crippen molar-refractivity contribution in [2.75, 3.05) is 9.80 Å². The van der Waals surface area contributed by atoms with Crippen LogP contribution in [-0.4, -0.2) is 10.2 Å². The molecule has 0 N–H and O–H groups in total. The smallest absolute Gasteiger partial charge is 0.248 e. The lowest BCUT2D eigenvalue weighted by molar-refractivity contribution is 0.584. The highest BCUT2D eigenvalue weighted by molar-refractivity contribution is 5.80. The molecule has 55 heavy (non-hydrogen) atoms. The summed E-state index contributed by atoms with van der Waals surface area (Å²) in [5, 5.41) is 8.77. The van der Waals surface area contributed by atoms with Crippen LogP contribution in [0.3, 0.4) is 0 Å². The molecule has 9 aromatic rings. The maximum Gasteiger partial charge on any atom is 0.248 e. The average molecular weight is 709 g/mol. The maximum absolute atomic E-state index is 6.17. The van der Waals surface area contributed by atoms with Crippen LogP contribution in [-0.2, 0) is 0 Å². The molecule has 0 aliphatic heterocycles. The van der Waals surface area contributed by atoms with Gasteiger partial charge in [-0.25, -0.2) is 0 Å². The van der Waals surface area contributed by atoms with Crippen LogP contribution in [0.5, 0.6) is 0 Å². The van der Waals surface area contributed by atoms with Gasteiger partial charge in [-0.15, -0.1) is 10.2 Å². The van der Waals surface area contributed by atoms with E-state index >= 15 is 0 Å². The van der Waals surface area contributed by atoms with Crippen molar-refractivity contribution in [1.82, 2.24) is 10.2 Å². The molecule has 8 aromatic carbocycles. The molecule has 0 unspecified atom stereocenters. The van der Waals surface area contributed by atoms with Gasteiger partial charge in [0.1, 0.15) is 0 Å². The van der Waals surface area contributed by atoms with Crippen LogP contribution >= 0.6 is 0 Å². The van der Waals surface area contributed by atoms with E-state index in [2.05, 4.69) is 190 Å². The van der Waals surface area contributed by atoms with Crippen molar-refractivity contribution in [3.63, 3.8) is 0 Å². The molecule has 262 valence electrons. The van der Waals surface area contributed by atoms with Crippen molar-refractivity contribution >= 4 is 34.1 Å². The molecule has 0 aliphatic rings. The molecule has 5 nitrogen and oxygen atoms in total. The van der Waals surface area contributed by atoms with Crippen LogP contribution in [0.2, 0.25) is 0 Å². The van der Waals surface area contributed by atoms with Crippen molar-refractivity contribution < 1.29 is 4.42 Å². The summed E-state index contributed by atoms with van der Waals surface area (Å²) in [7, 11) is 0. The predicted octanol–water partition coefficient (Wildman–Crippen LogP) is 13.7. The number of nitrogens with zero attached hydrogens (tertiary/aromatic N) is 4. The lowest BCUT2D eigenvalue weighted by atomic mass is 10.0. The zero-order chi connectivity index (χ0) is 36.8. The van der Waals surface area contributed by atoms with Gasteiger partial charge in [-0.2, -0.15) is 0 Å². The van der Waals surface area contributed by atoms with Gasteiger partial charge in [-0.05, 0) is 119 Å². The number of hydrogen-bond acceptors (Lipinski definition) is 5. The first-order valence-electron chi connectivity index (χ1n) is 18.3. The third kappa shape index (κ3) is 7.15. The Morgan fingerprint density at radius 3 is 0.727 bits per heavy atom. The van der Waals surface area contributed by atoms with Crippen LogP contribution < -0.4 is 9.80 Å². The average Bonchev–Trinajstić information content (AvgIpc) is 3.77. The molecule has 0 aliphatic carbocycles. The topological polar surface area (TPSA) is 45.4 Å². The Kier molecular flexibility index (Phi) is 9.23. The summed E-state index contributed by atoms with van der Waals surface area (Å²) in [5.74, 6) is 0.971. The maximum atomic E-state index is 6.17. The SMILES string of the molecule is c1ccc(N(c2ccccc2)c2ccc(-c3ccc(-c4nnc(-c5ccc(-c6ccc(N(c7ccccc7)c7ccccc7)cc6)cc5)o4)cc3)cc2)cc1. The van der Waals surface area contributed by atoms with Crippen LogP contribution in [0.1, 0.15) is 0 Å². The fourth-order valence-corrected chi connectivity index (χ4v) is 6.88. The van der Waals surface area contributed by atoms with Crippen LogP contribution in [0.15, 0.2) is 223 Å². The highest BCUT2D eigenvalue weighted by atomic mass is 16.4. The lowest BCUT2D eigenvalue weighted by Gasteiger charge is -2.25.